The zero-order valence-electron chi connectivity index (χ0n) is 12.4. The van der Waals surface area contributed by atoms with Crippen molar-refractivity contribution in [1.82, 2.24) is 9.97 Å². The number of nitrogens with zero attached hydrogens (tertiary/aromatic N) is 2. The number of aromatic nitrogens is 2. The third-order valence-corrected chi connectivity index (χ3v) is 4.23. The molecule has 22 heavy (non-hydrogen) atoms. The first-order valence-electron chi connectivity index (χ1n) is 6.96. The average molecular weight is 309 g/mol. The molecule has 0 aliphatic rings. The Balaban J connectivity index is 2.08. The van der Waals surface area contributed by atoms with Crippen LogP contribution in [0.4, 0.5) is 0 Å². The number of fused-ring (bicyclic) bond motifs is 1. The van der Waals surface area contributed by atoms with E-state index in [9.17, 15) is 0 Å². The summed E-state index contributed by atoms with van der Waals surface area (Å²) in [7, 11) is 1.66. The van der Waals surface area contributed by atoms with E-state index < -0.39 is 0 Å². The monoisotopic (exact) mass is 309 g/mol. The third-order valence-electron chi connectivity index (χ3n) is 3.35. The number of H-pyrrole nitrogens is 1. The first kappa shape index (κ1) is 14.5. The van der Waals surface area contributed by atoms with Gasteiger partial charge >= 0.3 is 0 Å². The number of thioether (sulfide) groups is 1. The number of aromatic amines is 1. The van der Waals surface area contributed by atoms with E-state index in [1.807, 2.05) is 18.2 Å². The van der Waals surface area contributed by atoms with Crippen molar-refractivity contribution in [1.29, 1.82) is 5.26 Å². The summed E-state index contributed by atoms with van der Waals surface area (Å²) in [6.45, 7) is 2.12. The molecular formula is C17H15N3OS. The van der Waals surface area contributed by atoms with Crippen LogP contribution in [0.3, 0.4) is 0 Å². The van der Waals surface area contributed by atoms with Gasteiger partial charge in [0.05, 0.1) is 35.3 Å². The molecule has 0 amide bonds. The summed E-state index contributed by atoms with van der Waals surface area (Å²) in [6, 6.07) is 13.7. The van der Waals surface area contributed by atoms with E-state index in [1.165, 1.54) is 4.90 Å². The maximum Gasteiger partial charge on any atom is 0.142 e. The van der Waals surface area contributed by atoms with Crippen molar-refractivity contribution in [2.75, 3.05) is 12.9 Å². The molecule has 0 radical (unpaired) electrons. The van der Waals surface area contributed by atoms with Gasteiger partial charge in [0.2, 0.25) is 0 Å². The number of nitrogens with one attached hydrogen (secondary N) is 1. The van der Waals surface area contributed by atoms with Crippen molar-refractivity contribution in [3.05, 3.63) is 42.0 Å². The van der Waals surface area contributed by atoms with E-state index in [4.69, 9.17) is 10.00 Å². The average Bonchev–Trinajstić information content (AvgIpc) is 2.97. The summed E-state index contributed by atoms with van der Waals surface area (Å²) >= 11 is 1.77. The Labute approximate surface area is 133 Å². The molecule has 1 aromatic heterocycles. The van der Waals surface area contributed by atoms with E-state index in [0.717, 1.165) is 33.9 Å². The molecule has 1 heterocycles. The van der Waals surface area contributed by atoms with Crippen LogP contribution in [0.25, 0.3) is 22.4 Å². The van der Waals surface area contributed by atoms with Gasteiger partial charge in [-0.05, 0) is 42.2 Å². The molecule has 0 saturated carbocycles. The molecule has 0 aliphatic heterocycles. The van der Waals surface area contributed by atoms with Crippen LogP contribution in [-0.2, 0) is 0 Å². The third kappa shape index (κ3) is 2.66. The molecule has 0 spiro atoms. The summed E-state index contributed by atoms with van der Waals surface area (Å²) in [5, 5.41) is 8.97. The Hall–Kier alpha value is -2.45. The lowest BCUT2D eigenvalue weighted by Crippen LogP contribution is -1.90. The quantitative estimate of drug-likeness (QED) is 0.733. The second-order valence-electron chi connectivity index (χ2n) is 4.72. The molecule has 0 saturated heterocycles. The van der Waals surface area contributed by atoms with Gasteiger partial charge < -0.3 is 9.72 Å². The summed E-state index contributed by atoms with van der Waals surface area (Å²) in [5.74, 6) is 2.55. The highest BCUT2D eigenvalue weighted by atomic mass is 32.2. The summed E-state index contributed by atoms with van der Waals surface area (Å²) in [5.41, 5.74) is 3.20. The van der Waals surface area contributed by atoms with Crippen LogP contribution in [0.5, 0.6) is 5.75 Å². The fraction of sp³-hybridized carbons (Fsp3) is 0.176. The number of methoxy groups -OCH3 is 1. The first-order chi connectivity index (χ1) is 10.7. The van der Waals surface area contributed by atoms with E-state index in [0.29, 0.717) is 5.56 Å². The molecule has 3 aromatic rings. The number of hydrogen-bond donors (Lipinski definition) is 1. The minimum absolute atomic E-state index is 0.604. The first-order valence-corrected chi connectivity index (χ1v) is 7.94. The second-order valence-corrected chi connectivity index (χ2v) is 6.06. The molecule has 0 aliphatic carbocycles. The Kier molecular flexibility index (Phi) is 4.03. The van der Waals surface area contributed by atoms with Crippen molar-refractivity contribution in [2.24, 2.45) is 0 Å². The predicted octanol–water partition coefficient (Wildman–Crippen LogP) is 4.22. The zero-order valence-corrected chi connectivity index (χ0v) is 13.2. The minimum Gasteiger partial charge on any atom is -0.496 e. The molecule has 2 aromatic carbocycles. The smallest absolute Gasteiger partial charge is 0.142 e. The van der Waals surface area contributed by atoms with Crippen LogP contribution in [0.1, 0.15) is 12.5 Å². The molecule has 0 bridgehead atoms. The maximum atomic E-state index is 8.97. The van der Waals surface area contributed by atoms with Crippen molar-refractivity contribution in [2.45, 2.75) is 11.8 Å². The van der Waals surface area contributed by atoms with Crippen molar-refractivity contribution >= 4 is 22.8 Å². The Morgan fingerprint density at radius 3 is 2.86 bits per heavy atom. The van der Waals surface area contributed by atoms with E-state index in [-0.39, 0.29) is 0 Å². The Bertz CT molecular complexity index is 864. The number of hydrogen-bond acceptors (Lipinski definition) is 4. The van der Waals surface area contributed by atoms with Gasteiger partial charge in [0.1, 0.15) is 11.6 Å². The molecular weight excluding hydrogens is 294 g/mol. The number of ether oxygens (including phenoxy) is 1. The standard InChI is InChI=1S/C17H15N3OS/c1-3-22-12-5-6-13(16(9-12)21-2)17-19-14-7-4-11(10-18)8-15(14)20-17/h4-9H,3H2,1-2H3,(H,19,20). The van der Waals surface area contributed by atoms with Gasteiger partial charge in [-0.25, -0.2) is 4.98 Å². The highest BCUT2D eigenvalue weighted by molar-refractivity contribution is 7.99. The Morgan fingerprint density at radius 1 is 1.27 bits per heavy atom. The van der Waals surface area contributed by atoms with Gasteiger partial charge in [-0.2, -0.15) is 5.26 Å². The van der Waals surface area contributed by atoms with Gasteiger partial charge in [0.15, 0.2) is 0 Å². The van der Waals surface area contributed by atoms with Gasteiger partial charge in [-0.1, -0.05) is 6.92 Å². The van der Waals surface area contributed by atoms with Crippen molar-refractivity contribution < 1.29 is 4.74 Å². The molecule has 1 N–H and O–H groups in total. The van der Waals surface area contributed by atoms with Crippen LogP contribution in [0.2, 0.25) is 0 Å². The number of benzene rings is 2. The zero-order chi connectivity index (χ0) is 15.5. The number of nitriles is 1. The minimum atomic E-state index is 0.604. The van der Waals surface area contributed by atoms with Gasteiger partial charge in [-0.3, -0.25) is 0 Å². The fourth-order valence-electron chi connectivity index (χ4n) is 2.33. The topological polar surface area (TPSA) is 61.7 Å². The fourth-order valence-corrected chi connectivity index (χ4v) is 3.01. The SMILES string of the molecule is CCSc1ccc(-c2nc3cc(C#N)ccc3[nH]2)c(OC)c1. The van der Waals surface area contributed by atoms with E-state index in [1.54, 1.807) is 31.0 Å². The molecule has 0 unspecified atom stereocenters. The maximum absolute atomic E-state index is 8.97. The summed E-state index contributed by atoms with van der Waals surface area (Å²) < 4.78 is 5.50. The molecule has 0 fully saturated rings. The number of imidazole rings is 1. The molecule has 4 nitrogen and oxygen atoms in total. The number of rotatable bonds is 4. The summed E-state index contributed by atoms with van der Waals surface area (Å²) in [6.07, 6.45) is 0. The normalized spacial score (nSPS) is 10.6. The molecule has 0 atom stereocenters. The Morgan fingerprint density at radius 2 is 2.14 bits per heavy atom. The highest BCUT2D eigenvalue weighted by Crippen LogP contribution is 2.33. The lowest BCUT2D eigenvalue weighted by Gasteiger charge is -2.08. The van der Waals surface area contributed by atoms with Crippen LogP contribution >= 0.6 is 11.8 Å². The molecule has 110 valence electrons. The second kappa shape index (κ2) is 6.12. The van der Waals surface area contributed by atoms with Gasteiger partial charge in [0, 0.05) is 4.90 Å². The largest absolute Gasteiger partial charge is 0.496 e. The van der Waals surface area contributed by atoms with E-state index in [2.05, 4.69) is 29.0 Å². The summed E-state index contributed by atoms with van der Waals surface area (Å²) in [4.78, 5) is 9.04. The van der Waals surface area contributed by atoms with Gasteiger partial charge in [-0.15, -0.1) is 11.8 Å². The highest BCUT2D eigenvalue weighted by Gasteiger charge is 2.12. The van der Waals surface area contributed by atoms with Crippen LogP contribution in [0.15, 0.2) is 41.3 Å². The van der Waals surface area contributed by atoms with Crippen molar-refractivity contribution in [3.63, 3.8) is 0 Å². The van der Waals surface area contributed by atoms with Crippen molar-refractivity contribution in [3.8, 4) is 23.2 Å². The predicted molar refractivity (Wildman–Crippen MR) is 89.2 cm³/mol. The lowest BCUT2D eigenvalue weighted by molar-refractivity contribution is 0.415. The molecule has 3 rings (SSSR count). The van der Waals surface area contributed by atoms with Crippen LogP contribution < -0.4 is 4.74 Å². The lowest BCUT2D eigenvalue weighted by atomic mass is 10.2. The van der Waals surface area contributed by atoms with E-state index >= 15 is 0 Å². The van der Waals surface area contributed by atoms with Gasteiger partial charge in [0.25, 0.3) is 0 Å². The van der Waals surface area contributed by atoms with Crippen LogP contribution in [-0.4, -0.2) is 22.8 Å². The van der Waals surface area contributed by atoms with Crippen LogP contribution in [0, 0.1) is 11.3 Å². The molecule has 5 heteroatoms.